The van der Waals surface area contributed by atoms with Gasteiger partial charge in [-0.25, -0.2) is 4.68 Å². The van der Waals surface area contributed by atoms with Gasteiger partial charge >= 0.3 is 0 Å². The van der Waals surface area contributed by atoms with Gasteiger partial charge in [0.2, 0.25) is 5.62 Å². The van der Waals surface area contributed by atoms with E-state index < -0.39 is 0 Å². The summed E-state index contributed by atoms with van der Waals surface area (Å²) in [5.41, 5.74) is 0.802. The Hall–Kier alpha value is -1.78. The summed E-state index contributed by atoms with van der Waals surface area (Å²) < 4.78 is 8.88. The molecule has 0 aliphatic carbocycles. The molecule has 0 bridgehead atoms. The highest BCUT2D eigenvalue weighted by atomic mass is 16.3. The Morgan fingerprint density at radius 2 is 2.21 bits per heavy atom. The molecule has 5 heteroatoms. The van der Waals surface area contributed by atoms with E-state index in [1.807, 2.05) is 30.8 Å². The number of nitrogens with zero attached hydrogens (tertiary/aromatic N) is 4. The average molecular weight is 192 g/mol. The van der Waals surface area contributed by atoms with Crippen molar-refractivity contribution in [3.63, 3.8) is 0 Å². The number of rotatable bonds is 1. The van der Waals surface area contributed by atoms with E-state index in [9.17, 15) is 0 Å². The molecule has 74 valence electrons. The van der Waals surface area contributed by atoms with Gasteiger partial charge in [-0.15, -0.1) is 5.10 Å². The molecule has 0 saturated heterocycles. The van der Waals surface area contributed by atoms with E-state index in [0.717, 1.165) is 17.2 Å². The number of hydrogen-bond acceptors (Lipinski definition) is 3. The van der Waals surface area contributed by atoms with Crippen LogP contribution in [0.5, 0.6) is 0 Å². The second kappa shape index (κ2) is 3.17. The van der Waals surface area contributed by atoms with Gasteiger partial charge in [-0.1, -0.05) is 0 Å². The molecule has 2 rings (SSSR count). The van der Waals surface area contributed by atoms with Gasteiger partial charge in [-0.3, -0.25) is 9.56 Å². The van der Waals surface area contributed by atoms with Crippen molar-refractivity contribution in [2.75, 3.05) is 7.05 Å². The summed E-state index contributed by atoms with van der Waals surface area (Å²) in [5.74, 6) is 1.52. The Labute approximate surface area is 81.3 Å². The number of aryl methyl sites for hydroxylation is 1. The van der Waals surface area contributed by atoms with Crippen molar-refractivity contribution in [3.8, 4) is 11.6 Å². The van der Waals surface area contributed by atoms with Gasteiger partial charge in [0.05, 0.1) is 6.26 Å². The molecule has 2 heterocycles. The molecule has 0 N–H and O–H groups in total. The highest BCUT2D eigenvalue weighted by Gasteiger charge is 2.10. The number of hydrogen-bond donors (Lipinski definition) is 0. The predicted molar refractivity (Wildman–Crippen MR) is 51.4 cm³/mol. The predicted octanol–water partition coefficient (Wildman–Crippen LogP) is 0.549. The van der Waals surface area contributed by atoms with E-state index >= 15 is 0 Å². The third-order valence-electron chi connectivity index (χ3n) is 2.09. The first kappa shape index (κ1) is 8.80. The molecule has 2 aromatic rings. The lowest BCUT2D eigenvalue weighted by atomic mass is 10.4. The van der Waals surface area contributed by atoms with Crippen LogP contribution < -0.4 is 5.62 Å². The third-order valence-corrected chi connectivity index (χ3v) is 2.09. The molecule has 0 amide bonds. The average Bonchev–Trinajstić information content (AvgIpc) is 2.74. The number of aromatic nitrogens is 3. The molecular weight excluding hydrogens is 180 g/mol. The summed E-state index contributed by atoms with van der Waals surface area (Å²) in [6.07, 6.45) is 1.63. The summed E-state index contributed by atoms with van der Waals surface area (Å²) in [5, 5.41) is 4.32. The molecule has 0 spiro atoms. The molecule has 14 heavy (non-hydrogen) atoms. The largest absolute Gasteiger partial charge is 0.461 e. The van der Waals surface area contributed by atoms with Crippen LogP contribution in [0, 0.1) is 0 Å². The van der Waals surface area contributed by atoms with E-state index in [2.05, 4.69) is 10.1 Å². The molecule has 0 radical (unpaired) electrons. The highest BCUT2D eigenvalue weighted by molar-refractivity contribution is 5.45. The molecule has 0 unspecified atom stereocenters. The SMILES string of the molecule is CN=c1n(C)nc(-c2ccco2)n1C. The third kappa shape index (κ3) is 1.17. The van der Waals surface area contributed by atoms with Crippen LogP contribution in [-0.2, 0) is 14.1 Å². The highest BCUT2D eigenvalue weighted by Crippen LogP contribution is 2.14. The van der Waals surface area contributed by atoms with Crippen molar-refractivity contribution in [1.29, 1.82) is 0 Å². The van der Waals surface area contributed by atoms with Crippen LogP contribution in [0.1, 0.15) is 0 Å². The van der Waals surface area contributed by atoms with E-state index in [1.165, 1.54) is 0 Å². The van der Waals surface area contributed by atoms with Gasteiger partial charge in [0, 0.05) is 21.1 Å². The van der Waals surface area contributed by atoms with Gasteiger partial charge in [0.1, 0.15) is 0 Å². The minimum Gasteiger partial charge on any atom is -0.461 e. The lowest BCUT2D eigenvalue weighted by molar-refractivity contribution is 0.572. The Bertz CT molecular complexity index is 489. The van der Waals surface area contributed by atoms with Crippen LogP contribution in [0.3, 0.4) is 0 Å². The van der Waals surface area contributed by atoms with Crippen molar-refractivity contribution in [1.82, 2.24) is 14.3 Å². The molecule has 0 aromatic carbocycles. The van der Waals surface area contributed by atoms with Gasteiger partial charge < -0.3 is 4.42 Å². The van der Waals surface area contributed by atoms with Crippen LogP contribution in [0.25, 0.3) is 11.6 Å². The van der Waals surface area contributed by atoms with E-state index in [-0.39, 0.29) is 0 Å². The molecular formula is C9H12N4O. The zero-order chi connectivity index (χ0) is 10.1. The van der Waals surface area contributed by atoms with Gasteiger partial charge in [-0.2, -0.15) is 0 Å². The van der Waals surface area contributed by atoms with E-state index in [1.54, 1.807) is 18.0 Å². The summed E-state index contributed by atoms with van der Waals surface area (Å²) in [7, 11) is 5.50. The maximum absolute atomic E-state index is 5.27. The fourth-order valence-corrected chi connectivity index (χ4v) is 1.48. The molecule has 0 aliphatic heterocycles. The standard InChI is InChI=1S/C9H12N4O/c1-10-9-12(2)8(11-13(9)3)7-5-4-6-14-7/h4-6H,1-3H3. The lowest BCUT2D eigenvalue weighted by Gasteiger charge is -1.93. The normalized spacial score (nSPS) is 12.4. The van der Waals surface area contributed by atoms with Crippen molar-refractivity contribution < 1.29 is 4.42 Å². The fraction of sp³-hybridized carbons (Fsp3) is 0.333. The van der Waals surface area contributed by atoms with E-state index in [4.69, 9.17) is 4.42 Å². The minimum atomic E-state index is 0.748. The van der Waals surface area contributed by atoms with Crippen molar-refractivity contribution in [2.45, 2.75) is 0 Å². The van der Waals surface area contributed by atoms with Crippen LogP contribution in [0.4, 0.5) is 0 Å². The first-order valence-corrected chi connectivity index (χ1v) is 4.30. The molecule has 0 aliphatic rings. The lowest BCUT2D eigenvalue weighted by Crippen LogP contribution is -2.22. The summed E-state index contributed by atoms with van der Waals surface area (Å²) in [4.78, 5) is 4.12. The maximum atomic E-state index is 5.27. The van der Waals surface area contributed by atoms with Gasteiger partial charge in [-0.05, 0) is 12.1 Å². The maximum Gasteiger partial charge on any atom is 0.222 e. The minimum absolute atomic E-state index is 0.748. The first-order valence-electron chi connectivity index (χ1n) is 4.30. The molecule has 5 nitrogen and oxygen atoms in total. The van der Waals surface area contributed by atoms with Crippen molar-refractivity contribution in [3.05, 3.63) is 24.0 Å². The zero-order valence-corrected chi connectivity index (χ0v) is 8.43. The smallest absolute Gasteiger partial charge is 0.222 e. The summed E-state index contributed by atoms with van der Waals surface area (Å²) in [6.45, 7) is 0. The molecule has 0 atom stereocenters. The molecule has 2 aromatic heterocycles. The van der Waals surface area contributed by atoms with Gasteiger partial charge in [0.25, 0.3) is 0 Å². The second-order valence-corrected chi connectivity index (χ2v) is 3.01. The topological polar surface area (TPSA) is 48.2 Å². The second-order valence-electron chi connectivity index (χ2n) is 3.01. The van der Waals surface area contributed by atoms with Crippen molar-refractivity contribution >= 4 is 0 Å². The van der Waals surface area contributed by atoms with E-state index in [0.29, 0.717) is 0 Å². The van der Waals surface area contributed by atoms with Crippen LogP contribution in [-0.4, -0.2) is 21.4 Å². The first-order chi connectivity index (χ1) is 6.74. The van der Waals surface area contributed by atoms with Crippen LogP contribution in [0.15, 0.2) is 27.8 Å². The fourth-order valence-electron chi connectivity index (χ4n) is 1.48. The summed E-state index contributed by atoms with van der Waals surface area (Å²) in [6, 6.07) is 3.72. The molecule has 0 fully saturated rings. The monoisotopic (exact) mass is 192 g/mol. The molecule has 0 saturated carbocycles. The number of furan rings is 1. The zero-order valence-electron chi connectivity index (χ0n) is 8.43. The van der Waals surface area contributed by atoms with Crippen molar-refractivity contribution in [2.24, 2.45) is 19.1 Å². The Balaban J connectivity index is 2.68. The summed E-state index contributed by atoms with van der Waals surface area (Å²) >= 11 is 0. The Morgan fingerprint density at radius 3 is 2.71 bits per heavy atom. The van der Waals surface area contributed by atoms with Gasteiger partial charge in [0.15, 0.2) is 11.6 Å². The Kier molecular flexibility index (Phi) is 1.99. The Morgan fingerprint density at radius 1 is 1.43 bits per heavy atom. The van der Waals surface area contributed by atoms with Crippen LogP contribution >= 0.6 is 0 Å². The quantitative estimate of drug-likeness (QED) is 0.662. The van der Waals surface area contributed by atoms with Crippen LogP contribution in [0.2, 0.25) is 0 Å².